The maximum absolute atomic E-state index is 12.4. The number of benzene rings is 2. The number of aromatic nitrogens is 2. The van der Waals surface area contributed by atoms with Gasteiger partial charge >= 0.3 is 0 Å². The molecule has 0 aliphatic rings. The third-order valence-corrected chi connectivity index (χ3v) is 5.56. The van der Waals surface area contributed by atoms with Gasteiger partial charge in [-0.2, -0.15) is 0 Å². The van der Waals surface area contributed by atoms with E-state index >= 15 is 0 Å². The lowest BCUT2D eigenvalue weighted by atomic mass is 9.95. The van der Waals surface area contributed by atoms with Crippen LogP contribution in [0.1, 0.15) is 44.5 Å². The first kappa shape index (κ1) is 22.6. The van der Waals surface area contributed by atoms with Crippen molar-refractivity contribution in [2.24, 2.45) is 5.41 Å². The van der Waals surface area contributed by atoms with Gasteiger partial charge in [-0.25, -0.2) is 4.98 Å². The Morgan fingerprint density at radius 2 is 1.73 bits per heavy atom. The number of carbonyl (C=O) groups is 1. The van der Waals surface area contributed by atoms with Crippen LogP contribution in [0, 0.1) is 5.41 Å². The van der Waals surface area contributed by atoms with Crippen molar-refractivity contribution in [2.75, 3.05) is 11.9 Å². The van der Waals surface area contributed by atoms with Crippen LogP contribution in [-0.2, 0) is 17.8 Å². The van der Waals surface area contributed by atoms with Crippen LogP contribution >= 0.6 is 0 Å². The molecular weight excluding hydrogens is 410 g/mol. The summed E-state index contributed by atoms with van der Waals surface area (Å²) >= 11 is 0. The fraction of sp³-hybridized carbons (Fsp3) is 0.286. The van der Waals surface area contributed by atoms with E-state index in [-0.39, 0.29) is 5.91 Å². The van der Waals surface area contributed by atoms with Gasteiger partial charge in [-0.3, -0.25) is 4.79 Å². The Kier molecular flexibility index (Phi) is 6.50. The number of pyridine rings is 1. The van der Waals surface area contributed by atoms with Crippen LogP contribution in [0.3, 0.4) is 0 Å². The number of hydrogen-bond acceptors (Lipinski definition) is 3. The minimum atomic E-state index is -0.465. The van der Waals surface area contributed by atoms with Gasteiger partial charge in [0.25, 0.3) is 0 Å². The van der Waals surface area contributed by atoms with Crippen molar-refractivity contribution in [3.05, 3.63) is 89.7 Å². The van der Waals surface area contributed by atoms with E-state index in [2.05, 4.69) is 52.3 Å². The molecule has 0 unspecified atom stereocenters. The smallest absolute Gasteiger partial charge is 0.229 e. The number of nitrogens with zero attached hydrogens (tertiary/aromatic N) is 2. The summed E-state index contributed by atoms with van der Waals surface area (Å²) in [6.07, 6.45) is 2.52. The highest BCUT2D eigenvalue weighted by molar-refractivity contribution is 5.96. The first-order chi connectivity index (χ1) is 15.8. The SMILES string of the molecule is CCOc1ccc(Cc2cc3cc(NC(=O)C(C)(C)C)cnc3n2Cc2ccccc2)cc1. The summed E-state index contributed by atoms with van der Waals surface area (Å²) in [7, 11) is 0. The first-order valence-corrected chi connectivity index (χ1v) is 11.4. The van der Waals surface area contributed by atoms with Crippen LogP contribution in [0.25, 0.3) is 11.0 Å². The van der Waals surface area contributed by atoms with E-state index in [0.29, 0.717) is 12.3 Å². The zero-order chi connectivity index (χ0) is 23.4. The van der Waals surface area contributed by atoms with Crippen LogP contribution in [-0.4, -0.2) is 22.1 Å². The van der Waals surface area contributed by atoms with Crippen LogP contribution in [0.15, 0.2) is 72.9 Å². The Morgan fingerprint density at radius 1 is 1.00 bits per heavy atom. The van der Waals surface area contributed by atoms with Crippen LogP contribution in [0.4, 0.5) is 5.69 Å². The summed E-state index contributed by atoms with van der Waals surface area (Å²) in [5, 5.41) is 4.01. The Morgan fingerprint density at radius 3 is 2.39 bits per heavy atom. The van der Waals surface area contributed by atoms with Crippen molar-refractivity contribution in [1.82, 2.24) is 9.55 Å². The molecular formula is C28H31N3O2. The van der Waals surface area contributed by atoms with Crippen LogP contribution in [0.2, 0.25) is 0 Å². The van der Waals surface area contributed by atoms with Gasteiger partial charge in [0.15, 0.2) is 0 Å². The summed E-state index contributed by atoms with van der Waals surface area (Å²) in [5.41, 5.74) is 4.75. The van der Waals surface area contributed by atoms with Crippen molar-refractivity contribution >= 4 is 22.6 Å². The fourth-order valence-electron chi connectivity index (χ4n) is 3.75. The quantitative estimate of drug-likeness (QED) is 0.379. The number of rotatable bonds is 7. The molecule has 4 rings (SSSR count). The first-order valence-electron chi connectivity index (χ1n) is 11.4. The molecule has 170 valence electrons. The number of anilines is 1. The summed E-state index contributed by atoms with van der Waals surface area (Å²) in [5.74, 6) is 0.856. The van der Waals surface area contributed by atoms with Crippen molar-refractivity contribution in [3.63, 3.8) is 0 Å². The third kappa shape index (κ3) is 5.43. The number of carbonyl (C=O) groups excluding carboxylic acids is 1. The summed E-state index contributed by atoms with van der Waals surface area (Å²) in [6, 6.07) is 22.8. The summed E-state index contributed by atoms with van der Waals surface area (Å²) in [6.45, 7) is 9.08. The van der Waals surface area contributed by atoms with Crippen molar-refractivity contribution < 1.29 is 9.53 Å². The average Bonchev–Trinajstić information content (AvgIpc) is 3.11. The standard InChI is InChI=1S/C28H31N3O2/c1-5-33-25-13-11-20(12-14-25)15-24-17-22-16-23(30-27(32)28(2,3)4)18-29-26(22)31(24)19-21-9-7-6-8-10-21/h6-14,16-18H,5,15,19H2,1-4H3,(H,30,32). The molecule has 2 heterocycles. The van der Waals surface area contributed by atoms with Crippen molar-refractivity contribution in [1.29, 1.82) is 0 Å². The second-order valence-electron chi connectivity index (χ2n) is 9.30. The Labute approximate surface area is 195 Å². The second kappa shape index (κ2) is 9.49. The molecule has 0 fully saturated rings. The molecule has 4 aromatic rings. The summed E-state index contributed by atoms with van der Waals surface area (Å²) in [4.78, 5) is 17.2. The normalized spacial score (nSPS) is 11.5. The minimum absolute atomic E-state index is 0.0259. The molecule has 5 heteroatoms. The number of hydrogen-bond donors (Lipinski definition) is 1. The highest BCUT2D eigenvalue weighted by Gasteiger charge is 2.21. The van der Waals surface area contributed by atoms with E-state index < -0.39 is 5.41 Å². The third-order valence-electron chi connectivity index (χ3n) is 5.56. The maximum atomic E-state index is 12.4. The summed E-state index contributed by atoms with van der Waals surface area (Å²) < 4.78 is 7.84. The number of fused-ring (bicyclic) bond motifs is 1. The van der Waals surface area contributed by atoms with Crippen LogP contribution in [0.5, 0.6) is 5.75 Å². The largest absolute Gasteiger partial charge is 0.494 e. The zero-order valence-electron chi connectivity index (χ0n) is 19.8. The predicted molar refractivity (Wildman–Crippen MR) is 134 cm³/mol. The van der Waals surface area contributed by atoms with Gasteiger partial charge in [-0.15, -0.1) is 0 Å². The lowest BCUT2D eigenvalue weighted by molar-refractivity contribution is -0.123. The lowest BCUT2D eigenvalue weighted by Crippen LogP contribution is -2.27. The van der Waals surface area contributed by atoms with Gasteiger partial charge < -0.3 is 14.6 Å². The molecule has 5 nitrogen and oxygen atoms in total. The van der Waals surface area contributed by atoms with E-state index in [0.717, 1.165) is 29.7 Å². The van der Waals surface area contributed by atoms with E-state index in [1.165, 1.54) is 16.8 Å². The number of nitrogens with one attached hydrogen (secondary N) is 1. The van der Waals surface area contributed by atoms with Gasteiger partial charge in [-0.1, -0.05) is 63.2 Å². The van der Waals surface area contributed by atoms with Gasteiger partial charge in [0.1, 0.15) is 11.4 Å². The van der Waals surface area contributed by atoms with Crippen LogP contribution < -0.4 is 10.1 Å². The highest BCUT2D eigenvalue weighted by atomic mass is 16.5. The molecule has 0 saturated heterocycles. The Hall–Kier alpha value is -3.60. The molecule has 33 heavy (non-hydrogen) atoms. The Bertz CT molecular complexity index is 1240. The minimum Gasteiger partial charge on any atom is -0.494 e. The zero-order valence-corrected chi connectivity index (χ0v) is 19.8. The maximum Gasteiger partial charge on any atom is 0.229 e. The molecule has 1 amide bonds. The molecule has 0 radical (unpaired) electrons. The lowest BCUT2D eigenvalue weighted by Gasteiger charge is -2.17. The number of amides is 1. The van der Waals surface area contributed by atoms with E-state index in [4.69, 9.17) is 9.72 Å². The Balaban J connectivity index is 1.69. The second-order valence-corrected chi connectivity index (χ2v) is 9.30. The molecule has 0 atom stereocenters. The molecule has 0 saturated carbocycles. The van der Waals surface area contributed by atoms with E-state index in [9.17, 15) is 4.79 Å². The van der Waals surface area contributed by atoms with Gasteiger partial charge in [-0.05, 0) is 42.3 Å². The monoisotopic (exact) mass is 441 g/mol. The van der Waals surface area contributed by atoms with Crippen molar-refractivity contribution in [3.8, 4) is 5.75 Å². The molecule has 0 aliphatic carbocycles. The number of ether oxygens (including phenoxy) is 1. The fourth-order valence-corrected chi connectivity index (χ4v) is 3.75. The molecule has 2 aromatic heterocycles. The molecule has 0 bridgehead atoms. The molecule has 0 spiro atoms. The van der Waals surface area contributed by atoms with E-state index in [1.807, 2.05) is 52.0 Å². The molecule has 0 aliphatic heterocycles. The topological polar surface area (TPSA) is 56.1 Å². The highest BCUT2D eigenvalue weighted by Crippen LogP contribution is 2.26. The molecule has 2 aromatic carbocycles. The molecule has 1 N–H and O–H groups in total. The van der Waals surface area contributed by atoms with Crippen molar-refractivity contribution in [2.45, 2.75) is 40.7 Å². The van der Waals surface area contributed by atoms with Gasteiger partial charge in [0.2, 0.25) is 5.91 Å². The van der Waals surface area contributed by atoms with Gasteiger partial charge in [0.05, 0.1) is 18.5 Å². The van der Waals surface area contributed by atoms with E-state index in [1.54, 1.807) is 6.20 Å². The average molecular weight is 442 g/mol. The predicted octanol–water partition coefficient (Wildman–Crippen LogP) is 6.06. The van der Waals surface area contributed by atoms with Gasteiger partial charge in [0, 0.05) is 29.5 Å².